The summed E-state index contributed by atoms with van der Waals surface area (Å²) in [6.07, 6.45) is -18.0. The molecule has 0 radical (unpaired) electrons. The Morgan fingerprint density at radius 1 is 0.926 bits per heavy atom. The first-order valence-corrected chi connectivity index (χ1v) is 7.78. The van der Waals surface area contributed by atoms with E-state index in [4.69, 9.17) is 24.4 Å². The van der Waals surface area contributed by atoms with Gasteiger partial charge in [-0.25, -0.2) is 9.59 Å². The van der Waals surface area contributed by atoms with Crippen molar-refractivity contribution in [1.29, 1.82) is 0 Å². The molecule has 2 saturated heterocycles. The van der Waals surface area contributed by atoms with E-state index in [0.29, 0.717) is 0 Å². The van der Waals surface area contributed by atoms with Crippen LogP contribution >= 0.6 is 0 Å². The third-order valence-electron chi connectivity index (χ3n) is 4.27. The van der Waals surface area contributed by atoms with Crippen molar-refractivity contribution in [3.63, 3.8) is 0 Å². The van der Waals surface area contributed by atoms with Gasteiger partial charge in [-0.05, 0) is 0 Å². The Hall–Kier alpha value is -1.62. The first kappa shape index (κ1) is 21.7. The van der Waals surface area contributed by atoms with Gasteiger partial charge >= 0.3 is 12.1 Å². The van der Waals surface area contributed by atoms with Gasteiger partial charge in [0, 0.05) is 0 Å². The van der Waals surface area contributed by atoms with Crippen LogP contribution in [0.4, 0.5) is 4.79 Å². The first-order chi connectivity index (χ1) is 12.6. The van der Waals surface area contributed by atoms with Gasteiger partial charge in [-0.3, -0.25) is 0 Å². The monoisotopic (exact) mass is 399 g/mol. The van der Waals surface area contributed by atoms with E-state index in [1.54, 1.807) is 5.32 Å². The number of hydrogen-bond donors (Lipinski definition) is 9. The smallest absolute Gasteiger partial charge is 0.405 e. The highest BCUT2D eigenvalue weighted by Crippen LogP contribution is 2.28. The molecule has 0 aliphatic carbocycles. The number of rotatable bonds is 5. The van der Waals surface area contributed by atoms with Crippen LogP contribution in [0.5, 0.6) is 0 Å². The summed E-state index contributed by atoms with van der Waals surface area (Å²) in [6.45, 7) is -0.811. The van der Waals surface area contributed by atoms with Gasteiger partial charge in [0.2, 0.25) is 0 Å². The summed E-state index contributed by atoms with van der Waals surface area (Å²) in [4.78, 5) is 21.9. The number of aliphatic hydroxyl groups is 6. The number of ether oxygens (including phenoxy) is 3. The van der Waals surface area contributed by atoms with E-state index in [1.165, 1.54) is 0 Å². The Bertz CT molecular complexity index is 546. The average Bonchev–Trinajstić information content (AvgIpc) is 2.60. The molecule has 0 saturated carbocycles. The molecule has 27 heavy (non-hydrogen) atoms. The zero-order valence-corrected chi connectivity index (χ0v) is 13.6. The van der Waals surface area contributed by atoms with Gasteiger partial charge in [0.15, 0.2) is 18.7 Å². The summed E-state index contributed by atoms with van der Waals surface area (Å²) >= 11 is 0. The van der Waals surface area contributed by atoms with Crippen molar-refractivity contribution in [3.05, 3.63) is 0 Å². The molecule has 1 unspecified atom stereocenters. The second kappa shape index (κ2) is 8.59. The van der Waals surface area contributed by atoms with Crippen LogP contribution in [0.1, 0.15) is 0 Å². The van der Waals surface area contributed by atoms with E-state index in [-0.39, 0.29) is 0 Å². The summed E-state index contributed by atoms with van der Waals surface area (Å²) < 4.78 is 15.1. The van der Waals surface area contributed by atoms with E-state index >= 15 is 0 Å². The fraction of sp³-hybridized carbons (Fsp3) is 0.846. The molecule has 2 heterocycles. The zero-order valence-electron chi connectivity index (χ0n) is 13.6. The normalized spacial score (nSPS) is 45.3. The minimum atomic E-state index is -1.97. The van der Waals surface area contributed by atoms with Gasteiger partial charge in [-0.1, -0.05) is 0 Å². The van der Waals surface area contributed by atoms with Gasteiger partial charge in [0.05, 0.1) is 6.61 Å². The van der Waals surface area contributed by atoms with Crippen molar-refractivity contribution in [2.24, 2.45) is 0 Å². The quantitative estimate of drug-likeness (QED) is 0.211. The van der Waals surface area contributed by atoms with Crippen LogP contribution in [-0.4, -0.2) is 121 Å². The molecule has 2 aliphatic heterocycles. The molecule has 1 amide bonds. The van der Waals surface area contributed by atoms with E-state index in [1.807, 2.05) is 0 Å². The number of nitrogens with one attached hydrogen (secondary N) is 1. The topological polar surface area (TPSA) is 236 Å². The van der Waals surface area contributed by atoms with Crippen LogP contribution in [0.15, 0.2) is 0 Å². The van der Waals surface area contributed by atoms with Crippen LogP contribution in [0.3, 0.4) is 0 Å². The van der Waals surface area contributed by atoms with Crippen molar-refractivity contribution in [2.75, 3.05) is 6.61 Å². The number of carboxylic acid groups (broad SMARTS) is 2. The Balaban J connectivity index is 2.20. The van der Waals surface area contributed by atoms with Crippen LogP contribution in [0.2, 0.25) is 0 Å². The standard InChI is InChI=1S/C13H21NO13/c15-1-2-8(4(16)3(11(22)25-2)14-13(23)24)26-12-7(19)5(17)6(18)9(27-12)10(20)21/h2-9,11-12,14-19,22H,1H2,(H,20,21)(H,23,24)/t2-,3-,4-,5+,6+,7-,8+,9+,11?,12-/m1/s1. The molecular formula is C13H21NO13. The van der Waals surface area contributed by atoms with Crippen molar-refractivity contribution in [1.82, 2.24) is 5.32 Å². The Morgan fingerprint density at radius 2 is 1.56 bits per heavy atom. The second-order valence-electron chi connectivity index (χ2n) is 6.05. The summed E-state index contributed by atoms with van der Waals surface area (Å²) in [5.74, 6) is -1.66. The van der Waals surface area contributed by atoms with Gasteiger partial charge in [0.1, 0.15) is 42.7 Å². The molecule has 9 N–H and O–H groups in total. The van der Waals surface area contributed by atoms with Gasteiger partial charge in [-0.2, -0.15) is 0 Å². The van der Waals surface area contributed by atoms with Crippen molar-refractivity contribution in [2.45, 2.75) is 61.3 Å². The van der Waals surface area contributed by atoms with E-state index in [9.17, 15) is 40.2 Å². The Labute approximate surface area is 151 Å². The maximum absolute atomic E-state index is 11.1. The average molecular weight is 399 g/mol. The third kappa shape index (κ3) is 4.45. The summed E-state index contributed by atoms with van der Waals surface area (Å²) in [5.41, 5.74) is 0. The third-order valence-corrected chi connectivity index (χ3v) is 4.27. The molecule has 0 spiro atoms. The Morgan fingerprint density at radius 3 is 2.07 bits per heavy atom. The number of carboxylic acids is 1. The number of aliphatic hydroxyl groups excluding tert-OH is 6. The Kier molecular flexibility index (Phi) is 6.90. The van der Waals surface area contributed by atoms with Gasteiger partial charge in [-0.15, -0.1) is 0 Å². The van der Waals surface area contributed by atoms with Crippen molar-refractivity contribution in [3.8, 4) is 0 Å². The lowest BCUT2D eigenvalue weighted by atomic mass is 9.95. The highest BCUT2D eigenvalue weighted by atomic mass is 16.7. The number of carbonyl (C=O) groups is 2. The van der Waals surface area contributed by atoms with Crippen LogP contribution in [-0.2, 0) is 19.0 Å². The van der Waals surface area contributed by atoms with Gasteiger partial charge < -0.3 is 60.4 Å². The summed E-state index contributed by atoms with van der Waals surface area (Å²) in [7, 11) is 0. The fourth-order valence-electron chi connectivity index (χ4n) is 2.87. The number of hydrogen-bond acceptors (Lipinski definition) is 11. The molecule has 0 aromatic heterocycles. The molecule has 0 aromatic rings. The van der Waals surface area contributed by atoms with Crippen molar-refractivity contribution < 1.29 is 64.7 Å². The molecular weight excluding hydrogens is 378 g/mol. The van der Waals surface area contributed by atoms with Crippen molar-refractivity contribution >= 4 is 12.1 Å². The SMILES string of the molecule is O=C(O)N[C@H]1C(O)O[C@H](CO)[C@H](O[C@@H]2O[C@H](C(=O)O)[C@@H](O)[C@H](O)[C@H]2O)[C@@H]1O. The molecule has 2 fully saturated rings. The maximum Gasteiger partial charge on any atom is 0.405 e. The molecule has 14 heteroatoms. The van der Waals surface area contributed by atoms with E-state index < -0.39 is 80.0 Å². The van der Waals surface area contributed by atoms with Crippen LogP contribution in [0.25, 0.3) is 0 Å². The summed E-state index contributed by atoms with van der Waals surface area (Å²) in [6, 6.07) is -1.61. The zero-order chi connectivity index (χ0) is 20.5. The molecule has 0 aromatic carbocycles. The van der Waals surface area contributed by atoms with Crippen LogP contribution < -0.4 is 5.32 Å². The molecule has 0 bridgehead atoms. The molecule has 2 aliphatic rings. The predicted molar refractivity (Wildman–Crippen MR) is 78.1 cm³/mol. The van der Waals surface area contributed by atoms with Gasteiger partial charge in [0.25, 0.3) is 0 Å². The molecule has 14 nitrogen and oxygen atoms in total. The molecule has 156 valence electrons. The minimum absolute atomic E-state index is 0.811. The molecule has 2 rings (SSSR count). The number of aliphatic carboxylic acids is 1. The lowest BCUT2D eigenvalue weighted by Gasteiger charge is -2.45. The minimum Gasteiger partial charge on any atom is -0.479 e. The number of amides is 1. The first-order valence-electron chi connectivity index (χ1n) is 7.78. The lowest BCUT2D eigenvalue weighted by molar-refractivity contribution is -0.340. The second-order valence-corrected chi connectivity index (χ2v) is 6.05. The fourth-order valence-corrected chi connectivity index (χ4v) is 2.87. The highest BCUT2D eigenvalue weighted by Gasteiger charge is 2.52. The summed E-state index contributed by atoms with van der Waals surface area (Å²) in [5, 5.41) is 78.3. The van der Waals surface area contributed by atoms with E-state index in [0.717, 1.165) is 0 Å². The maximum atomic E-state index is 11.1. The van der Waals surface area contributed by atoms with E-state index in [2.05, 4.69) is 0 Å². The van der Waals surface area contributed by atoms with Crippen LogP contribution in [0, 0.1) is 0 Å². The molecule has 10 atom stereocenters. The predicted octanol–water partition coefficient (Wildman–Crippen LogP) is -5.03. The lowest BCUT2D eigenvalue weighted by Crippen LogP contribution is -2.67. The highest BCUT2D eigenvalue weighted by molar-refractivity contribution is 5.73. The largest absolute Gasteiger partial charge is 0.479 e.